The fourth-order valence-electron chi connectivity index (χ4n) is 3.51. The van der Waals surface area contributed by atoms with E-state index in [0.717, 1.165) is 16.1 Å². The van der Waals surface area contributed by atoms with Crippen LogP contribution < -0.4 is 10.9 Å². The van der Waals surface area contributed by atoms with E-state index >= 15 is 0 Å². The van der Waals surface area contributed by atoms with Gasteiger partial charge in [-0.1, -0.05) is 42.1 Å². The number of allylic oxidation sites excluding steroid dienone is 1. The zero-order valence-electron chi connectivity index (χ0n) is 18.6. The Hall–Kier alpha value is -3.54. The number of aryl methyl sites for hydroxylation is 1. The van der Waals surface area contributed by atoms with Crippen molar-refractivity contribution in [1.29, 1.82) is 0 Å². The average molecular weight is 522 g/mol. The first kappa shape index (κ1) is 23.2. The van der Waals surface area contributed by atoms with Crippen LogP contribution in [0.1, 0.15) is 5.56 Å². The molecule has 0 radical (unpaired) electrons. The Kier molecular flexibility index (Phi) is 6.62. The van der Waals surface area contributed by atoms with Gasteiger partial charge in [-0.3, -0.25) is 19.5 Å². The molecule has 35 heavy (non-hydrogen) atoms. The maximum atomic E-state index is 13.3. The molecule has 0 saturated carbocycles. The predicted molar refractivity (Wildman–Crippen MR) is 141 cm³/mol. The monoisotopic (exact) mass is 521 g/mol. The molecule has 0 spiro atoms. The van der Waals surface area contributed by atoms with Crippen molar-refractivity contribution in [3.05, 3.63) is 76.6 Å². The number of nitrogens with zero attached hydrogens (tertiary/aromatic N) is 4. The molecule has 1 amide bonds. The topological polar surface area (TPSA) is 103 Å². The first-order valence-corrected chi connectivity index (χ1v) is 13.2. The van der Waals surface area contributed by atoms with Crippen molar-refractivity contribution in [3.63, 3.8) is 0 Å². The highest BCUT2D eigenvalue weighted by molar-refractivity contribution is 7.99. The molecule has 0 aliphatic carbocycles. The van der Waals surface area contributed by atoms with Gasteiger partial charge in [0.25, 0.3) is 5.56 Å². The third kappa shape index (κ3) is 4.70. The van der Waals surface area contributed by atoms with E-state index in [-0.39, 0.29) is 29.7 Å². The maximum absolute atomic E-state index is 13.3. The molecule has 0 fully saturated rings. The van der Waals surface area contributed by atoms with Crippen molar-refractivity contribution >= 4 is 56.7 Å². The summed E-state index contributed by atoms with van der Waals surface area (Å²) in [6.07, 6.45) is 3.20. The van der Waals surface area contributed by atoms with Gasteiger partial charge in [-0.15, -0.1) is 17.9 Å². The number of thioether (sulfide) groups is 1. The number of fused-ring (bicyclic) bond motifs is 1. The fourth-order valence-corrected chi connectivity index (χ4v) is 6.00. The van der Waals surface area contributed by atoms with Crippen molar-refractivity contribution in [1.82, 2.24) is 18.9 Å². The summed E-state index contributed by atoms with van der Waals surface area (Å²) in [5.74, 6) is 0.629. The maximum Gasteiger partial charge on any atom is 0.263 e. The molecule has 4 aromatic heterocycles. The van der Waals surface area contributed by atoms with Gasteiger partial charge in [-0.25, -0.2) is 4.98 Å². The van der Waals surface area contributed by atoms with Crippen molar-refractivity contribution in [2.75, 3.05) is 11.1 Å². The van der Waals surface area contributed by atoms with Crippen molar-refractivity contribution in [2.45, 2.75) is 18.6 Å². The zero-order chi connectivity index (χ0) is 24.4. The van der Waals surface area contributed by atoms with Crippen LogP contribution >= 0.6 is 34.6 Å². The largest absolute Gasteiger partial charge is 0.464 e. The molecule has 0 unspecified atom stereocenters. The van der Waals surface area contributed by atoms with Gasteiger partial charge in [0.05, 0.1) is 17.4 Å². The van der Waals surface area contributed by atoms with Crippen LogP contribution in [0.5, 0.6) is 0 Å². The molecule has 176 valence electrons. The Bertz CT molecular complexity index is 1580. The highest BCUT2D eigenvalue weighted by Crippen LogP contribution is 2.32. The molecular formula is C24H19N5O3S3. The Balaban J connectivity index is 1.35. The number of rotatable bonds is 8. The Morgan fingerprint density at radius 3 is 2.86 bits per heavy atom. The molecule has 5 rings (SSSR count). The summed E-state index contributed by atoms with van der Waals surface area (Å²) in [6.45, 7) is 6.03. The minimum atomic E-state index is -0.286. The normalized spacial score (nSPS) is 11.1. The quantitative estimate of drug-likeness (QED) is 0.164. The van der Waals surface area contributed by atoms with Gasteiger partial charge in [-0.05, 0) is 36.2 Å². The van der Waals surface area contributed by atoms with Crippen LogP contribution in [-0.2, 0) is 11.3 Å². The van der Waals surface area contributed by atoms with E-state index in [0.29, 0.717) is 26.7 Å². The summed E-state index contributed by atoms with van der Waals surface area (Å²) < 4.78 is 11.3. The highest BCUT2D eigenvalue weighted by atomic mass is 32.2. The van der Waals surface area contributed by atoms with Gasteiger partial charge >= 0.3 is 0 Å². The number of hydrogen-bond acceptors (Lipinski definition) is 9. The SMILES string of the molecule is C=CCn1c(SCC(=O)Nc2nsc(-c3ccccc3C)n2)nc2scc(-c3ccco3)c2c1=O. The second kappa shape index (κ2) is 9.98. The third-order valence-corrected chi connectivity index (χ3v) is 7.74. The molecule has 8 nitrogen and oxygen atoms in total. The van der Waals surface area contributed by atoms with Crippen LogP contribution in [-0.4, -0.2) is 30.6 Å². The van der Waals surface area contributed by atoms with Crippen molar-refractivity contribution < 1.29 is 9.21 Å². The van der Waals surface area contributed by atoms with E-state index in [1.165, 1.54) is 39.2 Å². The average Bonchev–Trinajstić information content (AvgIpc) is 3.61. The fraction of sp³-hybridized carbons (Fsp3) is 0.125. The number of anilines is 1. The molecule has 0 saturated heterocycles. The highest BCUT2D eigenvalue weighted by Gasteiger charge is 2.19. The number of hydrogen-bond donors (Lipinski definition) is 1. The molecule has 0 aliphatic heterocycles. The molecule has 1 aromatic carbocycles. The first-order chi connectivity index (χ1) is 17.0. The lowest BCUT2D eigenvalue weighted by molar-refractivity contribution is -0.113. The lowest BCUT2D eigenvalue weighted by Gasteiger charge is -2.10. The van der Waals surface area contributed by atoms with Gasteiger partial charge < -0.3 is 4.42 Å². The molecular weight excluding hydrogens is 502 g/mol. The number of carbonyl (C=O) groups is 1. The van der Waals surface area contributed by atoms with Crippen LogP contribution in [0.15, 0.2) is 75.1 Å². The van der Waals surface area contributed by atoms with E-state index < -0.39 is 0 Å². The summed E-state index contributed by atoms with van der Waals surface area (Å²) >= 11 is 3.77. The second-order valence-electron chi connectivity index (χ2n) is 7.48. The van der Waals surface area contributed by atoms with Gasteiger partial charge in [0, 0.05) is 23.1 Å². The number of amides is 1. The number of carbonyl (C=O) groups excluding carboxylic acids is 1. The van der Waals surface area contributed by atoms with Crippen LogP contribution in [0, 0.1) is 6.92 Å². The minimum absolute atomic E-state index is 0.0460. The molecule has 0 bridgehead atoms. The second-order valence-corrected chi connectivity index (χ2v) is 10.0. The molecule has 0 atom stereocenters. The molecule has 5 aromatic rings. The van der Waals surface area contributed by atoms with Crippen LogP contribution in [0.2, 0.25) is 0 Å². The number of furan rings is 1. The Labute approximate surface area is 212 Å². The lowest BCUT2D eigenvalue weighted by atomic mass is 10.1. The Morgan fingerprint density at radius 2 is 2.09 bits per heavy atom. The van der Waals surface area contributed by atoms with Crippen molar-refractivity contribution in [2.24, 2.45) is 0 Å². The van der Waals surface area contributed by atoms with Crippen molar-refractivity contribution in [3.8, 4) is 21.9 Å². The van der Waals surface area contributed by atoms with E-state index in [4.69, 9.17) is 4.42 Å². The predicted octanol–water partition coefficient (Wildman–Crippen LogP) is 5.46. The molecule has 1 N–H and O–H groups in total. The molecule has 11 heteroatoms. The lowest BCUT2D eigenvalue weighted by Crippen LogP contribution is -2.23. The summed E-state index contributed by atoms with van der Waals surface area (Å²) in [5.41, 5.74) is 2.58. The molecule has 4 heterocycles. The summed E-state index contributed by atoms with van der Waals surface area (Å²) in [4.78, 5) is 35.6. The van der Waals surface area contributed by atoms with Gasteiger partial charge in [0.1, 0.15) is 15.6 Å². The zero-order valence-corrected chi connectivity index (χ0v) is 21.0. The first-order valence-electron chi connectivity index (χ1n) is 10.5. The van der Waals surface area contributed by atoms with E-state index in [1.807, 2.05) is 42.6 Å². The standard InChI is InChI=1S/C24H19N5O3S3/c1-3-10-29-22(31)19-16(17-9-6-11-32-17)12-33-21(19)27-24(29)34-13-18(30)25-23-26-20(35-28-23)15-8-5-4-7-14(15)2/h3-9,11-12H,1,10,13H2,2H3,(H,25,28,30). The number of nitrogens with one attached hydrogen (secondary N) is 1. The number of aromatic nitrogens is 4. The number of benzene rings is 1. The summed E-state index contributed by atoms with van der Waals surface area (Å²) in [5, 5.41) is 6.27. The van der Waals surface area contributed by atoms with Gasteiger partial charge in [0.15, 0.2) is 5.16 Å². The summed E-state index contributed by atoms with van der Waals surface area (Å²) in [6, 6.07) is 11.5. The molecule has 0 aliphatic rings. The smallest absolute Gasteiger partial charge is 0.263 e. The van der Waals surface area contributed by atoms with Gasteiger partial charge in [0.2, 0.25) is 11.9 Å². The minimum Gasteiger partial charge on any atom is -0.464 e. The van der Waals surface area contributed by atoms with Crippen LogP contribution in [0.3, 0.4) is 0 Å². The van der Waals surface area contributed by atoms with E-state index in [2.05, 4.69) is 26.2 Å². The number of thiophene rings is 1. The Morgan fingerprint density at radius 1 is 1.23 bits per heavy atom. The van der Waals surface area contributed by atoms with Gasteiger partial charge in [-0.2, -0.15) is 9.36 Å². The van der Waals surface area contributed by atoms with Crippen LogP contribution in [0.25, 0.3) is 32.1 Å². The van der Waals surface area contributed by atoms with Crippen LogP contribution in [0.4, 0.5) is 5.95 Å². The summed E-state index contributed by atoms with van der Waals surface area (Å²) in [7, 11) is 0. The van der Waals surface area contributed by atoms with E-state index in [1.54, 1.807) is 18.4 Å². The van der Waals surface area contributed by atoms with E-state index in [9.17, 15) is 9.59 Å². The third-order valence-electron chi connectivity index (χ3n) is 5.14.